The normalized spacial score (nSPS) is 24.6. The van der Waals surface area contributed by atoms with Crippen molar-refractivity contribution >= 4 is 5.95 Å². The van der Waals surface area contributed by atoms with Crippen molar-refractivity contribution in [1.29, 1.82) is 0 Å². The largest absolute Gasteiger partial charge is 0.351 e. The molecular formula is C17H30N4. The summed E-state index contributed by atoms with van der Waals surface area (Å²) in [5, 5.41) is 3.51. The first-order valence-corrected chi connectivity index (χ1v) is 8.61. The molecule has 1 saturated carbocycles. The first-order valence-electron chi connectivity index (χ1n) is 8.61. The number of aromatic nitrogens is 2. The van der Waals surface area contributed by atoms with Crippen molar-refractivity contribution in [2.75, 3.05) is 5.32 Å². The zero-order valence-corrected chi connectivity index (χ0v) is 13.8. The number of nitrogens with one attached hydrogen (secondary N) is 1. The van der Waals surface area contributed by atoms with Crippen LogP contribution in [0.2, 0.25) is 0 Å². The van der Waals surface area contributed by atoms with Crippen LogP contribution in [0.1, 0.15) is 69.3 Å². The summed E-state index contributed by atoms with van der Waals surface area (Å²) in [5.41, 5.74) is 9.78. The van der Waals surface area contributed by atoms with E-state index in [-0.39, 0.29) is 0 Å². The van der Waals surface area contributed by atoms with E-state index in [0.717, 1.165) is 44.5 Å². The van der Waals surface area contributed by atoms with Crippen molar-refractivity contribution in [2.45, 2.75) is 84.2 Å². The molecule has 1 aromatic rings. The van der Waals surface area contributed by atoms with E-state index in [9.17, 15) is 0 Å². The summed E-state index contributed by atoms with van der Waals surface area (Å²) in [4.78, 5) is 9.38. The Bertz CT molecular complexity index is 450. The maximum Gasteiger partial charge on any atom is 0.223 e. The minimum absolute atomic E-state index is 0.393. The Morgan fingerprint density at radius 3 is 2.38 bits per heavy atom. The molecule has 2 aliphatic rings. The van der Waals surface area contributed by atoms with Crippen molar-refractivity contribution in [3.63, 3.8) is 0 Å². The average Bonchev–Trinajstić information content (AvgIpc) is 2.52. The number of nitrogens with zero attached hydrogens (tertiary/aromatic N) is 2. The van der Waals surface area contributed by atoms with E-state index >= 15 is 0 Å². The first-order chi connectivity index (χ1) is 10.2. The number of anilines is 1. The van der Waals surface area contributed by atoms with Gasteiger partial charge in [-0.15, -0.1) is 0 Å². The molecule has 0 amide bonds. The second-order valence-electron chi connectivity index (χ2n) is 6.02. The Morgan fingerprint density at radius 2 is 1.67 bits per heavy atom. The van der Waals surface area contributed by atoms with Gasteiger partial charge in [-0.05, 0) is 63.9 Å². The Kier molecular flexibility index (Phi) is 5.97. The molecule has 1 heterocycles. The standard InChI is InChI=1S/C15H24N4.C2H6/c1-10-13-4-2-3-5-14(13)19-15(17-10)18-12-8-6-11(16)7-9-12;1-2/h11-12H,2-9,16H2,1H3,(H,17,18,19);1-2H3. The summed E-state index contributed by atoms with van der Waals surface area (Å²) in [6.45, 7) is 6.12. The lowest BCUT2D eigenvalue weighted by atomic mass is 9.92. The molecule has 0 saturated heterocycles. The van der Waals surface area contributed by atoms with Crippen LogP contribution in [0.25, 0.3) is 0 Å². The molecule has 1 aromatic heterocycles. The maximum atomic E-state index is 5.95. The average molecular weight is 290 g/mol. The van der Waals surface area contributed by atoms with Crippen LogP contribution in [0.5, 0.6) is 0 Å². The Labute approximate surface area is 128 Å². The van der Waals surface area contributed by atoms with Gasteiger partial charge in [0.1, 0.15) is 0 Å². The van der Waals surface area contributed by atoms with Crippen LogP contribution in [0, 0.1) is 6.92 Å². The van der Waals surface area contributed by atoms with Gasteiger partial charge in [0.15, 0.2) is 0 Å². The Morgan fingerprint density at radius 1 is 1.00 bits per heavy atom. The van der Waals surface area contributed by atoms with Gasteiger partial charge in [0, 0.05) is 23.5 Å². The van der Waals surface area contributed by atoms with Crippen molar-refractivity contribution < 1.29 is 0 Å². The molecule has 3 rings (SSSR count). The summed E-state index contributed by atoms with van der Waals surface area (Å²) in [6.07, 6.45) is 9.32. The molecule has 0 radical (unpaired) electrons. The van der Waals surface area contributed by atoms with E-state index in [0.29, 0.717) is 12.1 Å². The van der Waals surface area contributed by atoms with Crippen molar-refractivity contribution in [3.05, 3.63) is 17.0 Å². The van der Waals surface area contributed by atoms with Crippen molar-refractivity contribution in [3.8, 4) is 0 Å². The van der Waals surface area contributed by atoms with Crippen LogP contribution in [0.4, 0.5) is 5.95 Å². The maximum absolute atomic E-state index is 5.95. The summed E-state index contributed by atoms with van der Waals surface area (Å²) in [5.74, 6) is 0.832. The highest BCUT2D eigenvalue weighted by molar-refractivity contribution is 5.36. The molecule has 4 heteroatoms. The van der Waals surface area contributed by atoms with Gasteiger partial charge in [-0.3, -0.25) is 0 Å². The molecule has 3 N–H and O–H groups in total. The monoisotopic (exact) mass is 290 g/mol. The van der Waals surface area contributed by atoms with Gasteiger partial charge in [0.2, 0.25) is 5.95 Å². The highest BCUT2D eigenvalue weighted by atomic mass is 15.1. The van der Waals surface area contributed by atoms with Gasteiger partial charge in [0.25, 0.3) is 0 Å². The van der Waals surface area contributed by atoms with Crippen molar-refractivity contribution in [2.24, 2.45) is 5.73 Å². The molecule has 0 unspecified atom stereocenters. The van der Waals surface area contributed by atoms with Crippen molar-refractivity contribution in [1.82, 2.24) is 9.97 Å². The molecule has 4 nitrogen and oxygen atoms in total. The van der Waals surface area contributed by atoms with E-state index in [2.05, 4.69) is 17.2 Å². The summed E-state index contributed by atoms with van der Waals surface area (Å²) >= 11 is 0. The second-order valence-corrected chi connectivity index (χ2v) is 6.02. The smallest absolute Gasteiger partial charge is 0.223 e. The Balaban J connectivity index is 0.000000774. The van der Waals surface area contributed by atoms with Gasteiger partial charge in [-0.25, -0.2) is 9.97 Å². The van der Waals surface area contributed by atoms with E-state index in [1.165, 1.54) is 29.8 Å². The minimum Gasteiger partial charge on any atom is -0.351 e. The number of fused-ring (bicyclic) bond motifs is 1. The third kappa shape index (κ3) is 4.16. The van der Waals surface area contributed by atoms with Crippen LogP contribution in [0.15, 0.2) is 0 Å². The lowest BCUT2D eigenvalue weighted by molar-refractivity contribution is 0.409. The molecule has 118 valence electrons. The summed E-state index contributed by atoms with van der Waals surface area (Å²) < 4.78 is 0. The molecule has 21 heavy (non-hydrogen) atoms. The highest BCUT2D eigenvalue weighted by Gasteiger charge is 2.20. The predicted molar refractivity (Wildman–Crippen MR) is 88.6 cm³/mol. The molecule has 0 bridgehead atoms. The SMILES string of the molecule is CC.Cc1nc(NC2CCC(N)CC2)nc2c1CCCC2. The van der Waals surface area contributed by atoms with E-state index in [1.54, 1.807) is 0 Å². The van der Waals surface area contributed by atoms with Gasteiger partial charge < -0.3 is 11.1 Å². The van der Waals surface area contributed by atoms with Gasteiger partial charge >= 0.3 is 0 Å². The predicted octanol–water partition coefficient (Wildman–Crippen LogP) is 3.37. The molecular weight excluding hydrogens is 260 g/mol. The molecule has 0 aromatic carbocycles. The Hall–Kier alpha value is -1.16. The minimum atomic E-state index is 0.393. The van der Waals surface area contributed by atoms with Crippen LogP contribution < -0.4 is 11.1 Å². The zero-order chi connectivity index (χ0) is 15.2. The van der Waals surface area contributed by atoms with Crippen LogP contribution in [-0.2, 0) is 12.8 Å². The van der Waals surface area contributed by atoms with Gasteiger partial charge in [-0.1, -0.05) is 13.8 Å². The first kappa shape index (κ1) is 16.2. The lowest BCUT2D eigenvalue weighted by Gasteiger charge is -2.27. The number of nitrogens with two attached hydrogens (primary N) is 1. The number of hydrogen-bond donors (Lipinski definition) is 2. The van der Waals surface area contributed by atoms with E-state index in [1.807, 2.05) is 13.8 Å². The molecule has 2 aliphatic carbocycles. The highest BCUT2D eigenvalue weighted by Crippen LogP contribution is 2.24. The topological polar surface area (TPSA) is 63.8 Å². The van der Waals surface area contributed by atoms with E-state index < -0.39 is 0 Å². The molecule has 0 aliphatic heterocycles. The van der Waals surface area contributed by atoms with Crippen LogP contribution in [0.3, 0.4) is 0 Å². The fourth-order valence-electron chi connectivity index (χ4n) is 3.29. The van der Waals surface area contributed by atoms with Crippen LogP contribution >= 0.6 is 0 Å². The van der Waals surface area contributed by atoms with Crippen LogP contribution in [-0.4, -0.2) is 22.1 Å². The molecule has 0 spiro atoms. The quantitative estimate of drug-likeness (QED) is 0.876. The molecule has 1 fully saturated rings. The number of rotatable bonds is 2. The third-order valence-corrected chi connectivity index (χ3v) is 4.49. The number of aryl methyl sites for hydroxylation is 2. The summed E-state index contributed by atoms with van der Waals surface area (Å²) in [7, 11) is 0. The van der Waals surface area contributed by atoms with E-state index in [4.69, 9.17) is 10.7 Å². The fraction of sp³-hybridized carbons (Fsp3) is 0.765. The lowest BCUT2D eigenvalue weighted by Crippen LogP contribution is -2.33. The number of hydrogen-bond acceptors (Lipinski definition) is 4. The third-order valence-electron chi connectivity index (χ3n) is 4.49. The fourth-order valence-corrected chi connectivity index (χ4v) is 3.29. The summed E-state index contributed by atoms with van der Waals surface area (Å²) in [6, 6.07) is 0.894. The van der Waals surface area contributed by atoms with Gasteiger partial charge in [0.05, 0.1) is 0 Å². The van der Waals surface area contributed by atoms with Gasteiger partial charge in [-0.2, -0.15) is 0 Å². The molecule has 0 atom stereocenters. The zero-order valence-electron chi connectivity index (χ0n) is 13.8. The second kappa shape index (κ2) is 7.74.